The zero-order valence-corrected chi connectivity index (χ0v) is 11.4. The Balaban J connectivity index is 1.88. The minimum absolute atomic E-state index is 0.0139. The molecule has 3 rings (SSSR count). The summed E-state index contributed by atoms with van der Waals surface area (Å²) in [5.74, 6) is 0.550. The first-order valence-electron chi connectivity index (χ1n) is 6.98. The van der Waals surface area contributed by atoms with Gasteiger partial charge >= 0.3 is 5.69 Å². The number of nitrogens with zero attached hydrogens (tertiary/aromatic N) is 1. The summed E-state index contributed by atoms with van der Waals surface area (Å²) >= 11 is 0. The zero-order chi connectivity index (χ0) is 14.3. The van der Waals surface area contributed by atoms with Crippen molar-refractivity contribution >= 4 is 11.5 Å². The van der Waals surface area contributed by atoms with Gasteiger partial charge in [-0.2, -0.15) is 0 Å². The molecule has 0 aliphatic heterocycles. The number of nitro groups is 1. The summed E-state index contributed by atoms with van der Waals surface area (Å²) in [7, 11) is 0. The second-order valence-electron chi connectivity index (χ2n) is 5.78. The van der Waals surface area contributed by atoms with Crippen LogP contribution in [0.25, 0.3) is 0 Å². The SMILES string of the molecule is Cc1cccc(OC2CC(=O)C23CCCC3)c1[N+](=O)[O-]. The van der Waals surface area contributed by atoms with Gasteiger partial charge < -0.3 is 4.74 Å². The average molecular weight is 275 g/mol. The summed E-state index contributed by atoms with van der Waals surface area (Å²) in [5, 5.41) is 11.2. The molecule has 5 heteroatoms. The van der Waals surface area contributed by atoms with Crippen LogP contribution in [0, 0.1) is 22.5 Å². The third-order valence-electron chi connectivity index (χ3n) is 4.69. The molecular weight excluding hydrogens is 258 g/mol. The van der Waals surface area contributed by atoms with Gasteiger partial charge in [-0.1, -0.05) is 25.0 Å². The molecule has 0 aromatic heterocycles. The summed E-state index contributed by atoms with van der Waals surface area (Å²) in [6.45, 7) is 1.70. The smallest absolute Gasteiger partial charge is 0.313 e. The Bertz CT molecular complexity index is 575. The highest BCUT2D eigenvalue weighted by Gasteiger charge is 2.57. The first kappa shape index (κ1) is 13.1. The molecule has 20 heavy (non-hydrogen) atoms. The lowest BCUT2D eigenvalue weighted by atomic mass is 9.63. The minimum Gasteiger partial charge on any atom is -0.482 e. The maximum atomic E-state index is 11.9. The standard InChI is InChI=1S/C15H17NO4/c1-10-5-4-6-11(14(10)16(18)19)20-13-9-12(17)15(13)7-2-3-8-15/h4-6,13H,2-3,7-9H2,1H3. The fraction of sp³-hybridized carbons (Fsp3) is 0.533. The summed E-state index contributed by atoms with van der Waals surface area (Å²) < 4.78 is 5.87. The maximum absolute atomic E-state index is 11.9. The first-order chi connectivity index (χ1) is 9.54. The van der Waals surface area contributed by atoms with Gasteiger partial charge in [-0.3, -0.25) is 14.9 Å². The Hall–Kier alpha value is -1.91. The fourth-order valence-corrected chi connectivity index (χ4v) is 3.49. The summed E-state index contributed by atoms with van der Waals surface area (Å²) in [6.07, 6.45) is 3.98. The lowest BCUT2D eigenvalue weighted by Gasteiger charge is -2.44. The number of carbonyl (C=O) groups is 1. The van der Waals surface area contributed by atoms with Crippen LogP contribution in [0.3, 0.4) is 0 Å². The first-order valence-corrected chi connectivity index (χ1v) is 6.98. The molecule has 0 N–H and O–H groups in total. The van der Waals surface area contributed by atoms with E-state index in [1.165, 1.54) is 0 Å². The highest BCUT2D eigenvalue weighted by molar-refractivity contribution is 5.92. The molecule has 0 heterocycles. The van der Waals surface area contributed by atoms with Crippen molar-refractivity contribution in [3.8, 4) is 5.75 Å². The lowest BCUT2D eigenvalue weighted by molar-refractivity contribution is -0.386. The largest absolute Gasteiger partial charge is 0.482 e. The van der Waals surface area contributed by atoms with Gasteiger partial charge in [0, 0.05) is 12.0 Å². The molecule has 5 nitrogen and oxygen atoms in total. The van der Waals surface area contributed by atoms with Crippen molar-refractivity contribution in [3.05, 3.63) is 33.9 Å². The van der Waals surface area contributed by atoms with Crippen molar-refractivity contribution in [2.75, 3.05) is 0 Å². The van der Waals surface area contributed by atoms with Crippen molar-refractivity contribution in [1.29, 1.82) is 0 Å². The molecule has 0 bridgehead atoms. The van der Waals surface area contributed by atoms with Gasteiger partial charge in [0.05, 0.1) is 10.3 Å². The molecule has 2 aliphatic carbocycles. The summed E-state index contributed by atoms with van der Waals surface area (Å²) in [4.78, 5) is 22.7. The third-order valence-corrected chi connectivity index (χ3v) is 4.69. The fourth-order valence-electron chi connectivity index (χ4n) is 3.49. The van der Waals surface area contributed by atoms with Crippen LogP contribution in [0.2, 0.25) is 0 Å². The average Bonchev–Trinajstić information content (AvgIpc) is 2.90. The molecule has 0 saturated heterocycles. The molecule has 2 saturated carbocycles. The van der Waals surface area contributed by atoms with Crippen LogP contribution < -0.4 is 4.74 Å². The molecule has 1 unspecified atom stereocenters. The number of nitro benzene ring substituents is 1. The van der Waals surface area contributed by atoms with Crippen LogP contribution in [0.1, 0.15) is 37.7 Å². The normalized spacial score (nSPS) is 23.6. The van der Waals surface area contributed by atoms with Crippen LogP contribution in [0.15, 0.2) is 18.2 Å². The quantitative estimate of drug-likeness (QED) is 0.627. The van der Waals surface area contributed by atoms with Crippen molar-refractivity contribution in [3.63, 3.8) is 0 Å². The van der Waals surface area contributed by atoms with E-state index in [9.17, 15) is 14.9 Å². The number of rotatable bonds is 3. The number of benzene rings is 1. The van der Waals surface area contributed by atoms with E-state index in [2.05, 4.69) is 0 Å². The highest BCUT2D eigenvalue weighted by Crippen LogP contribution is 2.52. The molecule has 2 fully saturated rings. The Kier molecular flexibility index (Phi) is 3.00. The van der Waals surface area contributed by atoms with Crippen LogP contribution in [0.4, 0.5) is 5.69 Å². The predicted octanol–water partition coefficient (Wildman–Crippen LogP) is 3.18. The predicted molar refractivity (Wildman–Crippen MR) is 72.8 cm³/mol. The van der Waals surface area contributed by atoms with Crippen molar-refractivity contribution in [2.45, 2.75) is 45.1 Å². The van der Waals surface area contributed by atoms with Gasteiger partial charge in [-0.15, -0.1) is 0 Å². The molecule has 0 amide bonds. The molecule has 106 valence electrons. The van der Waals surface area contributed by atoms with Gasteiger partial charge in [0.2, 0.25) is 0 Å². The van der Waals surface area contributed by atoms with E-state index in [-0.39, 0.29) is 23.0 Å². The van der Waals surface area contributed by atoms with Crippen LogP contribution in [-0.4, -0.2) is 16.8 Å². The van der Waals surface area contributed by atoms with Gasteiger partial charge in [0.1, 0.15) is 11.9 Å². The Morgan fingerprint density at radius 1 is 1.35 bits per heavy atom. The van der Waals surface area contributed by atoms with E-state index < -0.39 is 4.92 Å². The number of ketones is 1. The third kappa shape index (κ3) is 1.80. The maximum Gasteiger partial charge on any atom is 0.313 e. The number of aryl methyl sites for hydroxylation is 1. The molecular formula is C15H17NO4. The van der Waals surface area contributed by atoms with E-state index in [1.54, 1.807) is 25.1 Å². The Morgan fingerprint density at radius 2 is 2.05 bits per heavy atom. The van der Waals surface area contributed by atoms with E-state index in [1.807, 2.05) is 0 Å². The number of Topliss-reactive ketones (excluding diaryl/α,β-unsaturated/α-hetero) is 1. The van der Waals surface area contributed by atoms with Crippen molar-refractivity contribution in [2.24, 2.45) is 5.41 Å². The second kappa shape index (κ2) is 4.58. The molecule has 1 aromatic rings. The number of carbonyl (C=O) groups excluding carboxylic acids is 1. The van der Waals surface area contributed by atoms with E-state index in [0.717, 1.165) is 25.7 Å². The van der Waals surface area contributed by atoms with Crippen molar-refractivity contribution in [1.82, 2.24) is 0 Å². The van der Waals surface area contributed by atoms with E-state index in [0.29, 0.717) is 17.7 Å². The Morgan fingerprint density at radius 3 is 2.65 bits per heavy atom. The highest BCUT2D eigenvalue weighted by atomic mass is 16.6. The molecule has 0 radical (unpaired) electrons. The van der Waals surface area contributed by atoms with Gasteiger partial charge in [-0.05, 0) is 25.8 Å². The van der Waals surface area contributed by atoms with Crippen LogP contribution in [-0.2, 0) is 4.79 Å². The van der Waals surface area contributed by atoms with Crippen LogP contribution in [0.5, 0.6) is 5.75 Å². The minimum atomic E-state index is -0.410. The van der Waals surface area contributed by atoms with Crippen LogP contribution >= 0.6 is 0 Å². The number of hydrogen-bond donors (Lipinski definition) is 0. The van der Waals surface area contributed by atoms with Crippen molar-refractivity contribution < 1.29 is 14.5 Å². The molecule has 1 spiro atoms. The topological polar surface area (TPSA) is 69.4 Å². The number of para-hydroxylation sites is 1. The zero-order valence-electron chi connectivity index (χ0n) is 11.4. The van der Waals surface area contributed by atoms with Gasteiger partial charge in [0.25, 0.3) is 0 Å². The van der Waals surface area contributed by atoms with Gasteiger partial charge in [0.15, 0.2) is 5.75 Å². The number of hydrogen-bond acceptors (Lipinski definition) is 4. The Labute approximate surface area is 117 Å². The van der Waals surface area contributed by atoms with E-state index in [4.69, 9.17) is 4.74 Å². The molecule has 2 aliphatic rings. The summed E-state index contributed by atoms with van der Waals surface area (Å²) in [5.41, 5.74) is 0.232. The molecule has 1 aromatic carbocycles. The van der Waals surface area contributed by atoms with Gasteiger partial charge in [-0.25, -0.2) is 0 Å². The molecule has 1 atom stereocenters. The second-order valence-corrected chi connectivity index (χ2v) is 5.78. The number of ether oxygens (including phenoxy) is 1. The summed E-state index contributed by atoms with van der Waals surface area (Å²) in [6, 6.07) is 5.07. The lowest BCUT2D eigenvalue weighted by Crippen LogP contribution is -2.55. The monoisotopic (exact) mass is 275 g/mol. The van der Waals surface area contributed by atoms with E-state index >= 15 is 0 Å².